The van der Waals surface area contributed by atoms with E-state index in [1.807, 2.05) is 36.0 Å². The first-order valence-electron chi connectivity index (χ1n) is 7.74. The normalized spacial score (nSPS) is 14.1. The van der Waals surface area contributed by atoms with Gasteiger partial charge in [-0.1, -0.05) is 11.6 Å². The summed E-state index contributed by atoms with van der Waals surface area (Å²) in [5.41, 5.74) is 3.29. The Morgan fingerprint density at radius 3 is 2.48 bits per heavy atom. The van der Waals surface area contributed by atoms with E-state index in [-0.39, 0.29) is 12.5 Å². The lowest BCUT2D eigenvalue weighted by Gasteiger charge is -2.25. The van der Waals surface area contributed by atoms with Gasteiger partial charge in [-0.3, -0.25) is 4.79 Å². The molecule has 25 heavy (non-hydrogen) atoms. The van der Waals surface area contributed by atoms with E-state index in [1.165, 1.54) is 0 Å². The minimum atomic E-state index is -0.339. The molecule has 1 amide bonds. The summed E-state index contributed by atoms with van der Waals surface area (Å²) in [6, 6.07) is 14.4. The number of rotatable bonds is 7. The number of thioether (sulfide) groups is 1. The fourth-order valence-corrected chi connectivity index (χ4v) is 2.69. The van der Waals surface area contributed by atoms with Crippen molar-refractivity contribution in [2.24, 2.45) is 5.10 Å². The third-order valence-electron chi connectivity index (χ3n) is 3.38. The molecule has 0 atom stereocenters. The first-order chi connectivity index (χ1) is 12.2. The summed E-state index contributed by atoms with van der Waals surface area (Å²) < 4.78 is 11.1. The van der Waals surface area contributed by atoms with Gasteiger partial charge in [-0.15, -0.1) is 0 Å². The van der Waals surface area contributed by atoms with Crippen LogP contribution >= 0.6 is 23.4 Å². The van der Waals surface area contributed by atoms with E-state index in [4.69, 9.17) is 21.1 Å². The molecule has 7 heteroatoms. The van der Waals surface area contributed by atoms with Gasteiger partial charge in [0.25, 0.3) is 5.91 Å². The lowest BCUT2D eigenvalue weighted by atomic mass is 10.2. The second kappa shape index (κ2) is 8.78. The number of benzene rings is 2. The smallest absolute Gasteiger partial charge is 0.277 e. The molecule has 0 aromatic heterocycles. The zero-order valence-electron chi connectivity index (χ0n) is 13.4. The average molecular weight is 377 g/mol. The van der Waals surface area contributed by atoms with Gasteiger partial charge in [0.05, 0.1) is 6.21 Å². The minimum Gasteiger partial charge on any atom is -0.489 e. The van der Waals surface area contributed by atoms with Gasteiger partial charge >= 0.3 is 0 Å². The van der Waals surface area contributed by atoms with Crippen LogP contribution in [0.1, 0.15) is 5.56 Å². The summed E-state index contributed by atoms with van der Waals surface area (Å²) in [7, 11) is 0. The van der Waals surface area contributed by atoms with Crippen LogP contribution in [0.4, 0.5) is 0 Å². The van der Waals surface area contributed by atoms with E-state index in [0.717, 1.165) is 22.8 Å². The first-order valence-corrected chi connectivity index (χ1v) is 9.27. The highest BCUT2D eigenvalue weighted by Crippen LogP contribution is 2.23. The number of carbonyl (C=O) groups excluding carboxylic acids is 1. The maximum atomic E-state index is 11.7. The Hall–Kier alpha value is -2.18. The summed E-state index contributed by atoms with van der Waals surface area (Å²) in [6.07, 6.45) is 1.90. The van der Waals surface area contributed by atoms with Crippen molar-refractivity contribution >= 4 is 35.5 Å². The van der Waals surface area contributed by atoms with E-state index in [9.17, 15) is 4.79 Å². The molecular weight excluding hydrogens is 360 g/mol. The van der Waals surface area contributed by atoms with Crippen LogP contribution in [-0.4, -0.2) is 36.3 Å². The number of nitrogens with one attached hydrogen (secondary N) is 1. The molecule has 2 aromatic rings. The zero-order valence-corrected chi connectivity index (χ0v) is 14.9. The van der Waals surface area contributed by atoms with Gasteiger partial charge < -0.3 is 9.47 Å². The Morgan fingerprint density at radius 2 is 1.84 bits per heavy atom. The van der Waals surface area contributed by atoms with Crippen molar-refractivity contribution in [3.05, 3.63) is 59.1 Å². The monoisotopic (exact) mass is 376 g/mol. The molecule has 130 valence electrons. The van der Waals surface area contributed by atoms with Gasteiger partial charge in [-0.05, 0) is 54.1 Å². The van der Waals surface area contributed by atoms with Crippen molar-refractivity contribution in [1.82, 2.24) is 5.43 Å². The van der Waals surface area contributed by atoms with Crippen molar-refractivity contribution < 1.29 is 14.3 Å². The van der Waals surface area contributed by atoms with Gasteiger partial charge in [0.15, 0.2) is 6.61 Å². The van der Waals surface area contributed by atoms with E-state index >= 15 is 0 Å². The predicted molar refractivity (Wildman–Crippen MR) is 101 cm³/mol. The summed E-state index contributed by atoms with van der Waals surface area (Å²) in [4.78, 5) is 11.7. The van der Waals surface area contributed by atoms with Crippen molar-refractivity contribution in [3.8, 4) is 11.5 Å². The quantitative estimate of drug-likeness (QED) is 0.594. The van der Waals surface area contributed by atoms with Gasteiger partial charge in [-0.2, -0.15) is 16.9 Å². The highest BCUT2D eigenvalue weighted by Gasteiger charge is 2.19. The number of amides is 1. The van der Waals surface area contributed by atoms with Gasteiger partial charge in [0, 0.05) is 16.5 Å². The minimum absolute atomic E-state index is 0.120. The van der Waals surface area contributed by atoms with Crippen molar-refractivity contribution in [3.63, 3.8) is 0 Å². The summed E-state index contributed by atoms with van der Waals surface area (Å²) in [5.74, 6) is 3.18. The molecule has 0 unspecified atom stereocenters. The maximum Gasteiger partial charge on any atom is 0.277 e. The molecule has 1 heterocycles. The van der Waals surface area contributed by atoms with Crippen LogP contribution in [0.5, 0.6) is 11.5 Å². The second-order valence-electron chi connectivity index (χ2n) is 5.38. The summed E-state index contributed by atoms with van der Waals surface area (Å²) in [5, 5.41) is 4.53. The molecule has 0 spiro atoms. The number of hydrogen-bond donors (Lipinski definition) is 1. The van der Waals surface area contributed by atoms with Gasteiger partial charge in [0.2, 0.25) is 0 Å². The van der Waals surface area contributed by atoms with Crippen molar-refractivity contribution in [1.29, 1.82) is 0 Å². The third-order valence-corrected chi connectivity index (χ3v) is 4.84. The lowest BCUT2D eigenvalue weighted by Crippen LogP contribution is -2.30. The number of nitrogens with zero attached hydrogens (tertiary/aromatic N) is 1. The van der Waals surface area contributed by atoms with Crippen LogP contribution < -0.4 is 14.9 Å². The Labute approximate surface area is 155 Å². The van der Waals surface area contributed by atoms with E-state index in [0.29, 0.717) is 16.9 Å². The number of halogens is 1. The molecule has 1 fully saturated rings. The summed E-state index contributed by atoms with van der Waals surface area (Å²) in [6.45, 7) is -0.120. The molecule has 3 rings (SSSR count). The average Bonchev–Trinajstić information content (AvgIpc) is 2.59. The number of ether oxygens (including phenoxy) is 2. The first kappa shape index (κ1) is 17.6. The largest absolute Gasteiger partial charge is 0.489 e. The predicted octanol–water partition coefficient (Wildman–Crippen LogP) is 3.36. The Bertz CT molecular complexity index is 731. The highest BCUT2D eigenvalue weighted by atomic mass is 35.5. The van der Waals surface area contributed by atoms with Crippen LogP contribution in [0, 0.1) is 0 Å². The Morgan fingerprint density at radius 1 is 1.16 bits per heavy atom. The highest BCUT2D eigenvalue weighted by molar-refractivity contribution is 8.00. The molecule has 1 saturated heterocycles. The lowest BCUT2D eigenvalue weighted by molar-refractivity contribution is -0.123. The van der Waals surface area contributed by atoms with E-state index < -0.39 is 0 Å². The SMILES string of the molecule is O=C(COc1ccc(Cl)cc1)N/N=C\c1ccc(OC2CSC2)cc1. The molecule has 2 aromatic carbocycles. The van der Waals surface area contributed by atoms with Gasteiger partial charge in [-0.25, -0.2) is 5.43 Å². The van der Waals surface area contributed by atoms with Crippen LogP contribution in [0.25, 0.3) is 0 Å². The molecule has 5 nitrogen and oxygen atoms in total. The molecule has 1 aliphatic heterocycles. The number of carbonyl (C=O) groups is 1. The Balaban J connectivity index is 1.40. The molecule has 0 saturated carbocycles. The topological polar surface area (TPSA) is 59.9 Å². The summed E-state index contributed by atoms with van der Waals surface area (Å²) >= 11 is 7.66. The fraction of sp³-hybridized carbons (Fsp3) is 0.222. The standard InChI is InChI=1S/C18H17ClN2O3S/c19-14-3-7-15(8-4-14)23-10-18(22)21-20-9-13-1-5-16(6-2-13)24-17-11-25-12-17/h1-9,17H,10-12H2,(H,21,22)/b20-9-. The molecule has 1 N–H and O–H groups in total. The zero-order chi connectivity index (χ0) is 17.5. The van der Waals surface area contributed by atoms with E-state index in [1.54, 1.807) is 30.5 Å². The van der Waals surface area contributed by atoms with E-state index in [2.05, 4.69) is 10.5 Å². The molecule has 0 aliphatic carbocycles. The molecule has 1 aliphatic rings. The van der Waals surface area contributed by atoms with Gasteiger partial charge in [0.1, 0.15) is 17.6 Å². The maximum absolute atomic E-state index is 11.7. The number of hydrazone groups is 1. The fourth-order valence-electron chi connectivity index (χ4n) is 2.00. The second-order valence-corrected chi connectivity index (χ2v) is 6.89. The van der Waals surface area contributed by atoms with Crippen LogP contribution in [0.15, 0.2) is 53.6 Å². The van der Waals surface area contributed by atoms with Crippen LogP contribution in [0.3, 0.4) is 0 Å². The molecular formula is C18H17ClN2O3S. The number of hydrogen-bond acceptors (Lipinski definition) is 5. The Kier molecular flexibility index (Phi) is 6.19. The van der Waals surface area contributed by atoms with Crippen molar-refractivity contribution in [2.75, 3.05) is 18.1 Å². The van der Waals surface area contributed by atoms with Crippen molar-refractivity contribution in [2.45, 2.75) is 6.10 Å². The molecule has 0 bridgehead atoms. The third kappa shape index (κ3) is 5.69. The van der Waals surface area contributed by atoms with Crippen LogP contribution in [-0.2, 0) is 4.79 Å². The van der Waals surface area contributed by atoms with Crippen LogP contribution in [0.2, 0.25) is 5.02 Å². The molecule has 0 radical (unpaired) electrons.